The molecule has 0 spiro atoms. The molecule has 1 atom stereocenters. The van der Waals surface area contributed by atoms with Crippen LogP contribution < -0.4 is 0 Å². The summed E-state index contributed by atoms with van der Waals surface area (Å²) in [5, 5.41) is 10.1. The number of nitrogens with zero attached hydrogens (tertiary/aromatic N) is 2. The van der Waals surface area contributed by atoms with Gasteiger partial charge in [-0.2, -0.15) is 0 Å². The molecule has 2 saturated heterocycles. The van der Waals surface area contributed by atoms with Gasteiger partial charge in [0.1, 0.15) is 0 Å². The lowest BCUT2D eigenvalue weighted by Crippen LogP contribution is -2.63. The molecule has 0 amide bonds. The van der Waals surface area contributed by atoms with Crippen molar-refractivity contribution < 1.29 is 13.5 Å². The second-order valence-electron chi connectivity index (χ2n) is 6.27. The molecule has 0 radical (unpaired) electrons. The SMILES string of the molecule is CCCC1(O)CN(CC2CCCN(S(C)(=O)=O)C2)C1. The molecule has 0 saturated carbocycles. The van der Waals surface area contributed by atoms with Gasteiger partial charge in [0.15, 0.2) is 0 Å². The summed E-state index contributed by atoms with van der Waals surface area (Å²) in [6.45, 7) is 5.80. The number of hydrogen-bond acceptors (Lipinski definition) is 4. The van der Waals surface area contributed by atoms with E-state index in [1.165, 1.54) is 6.26 Å². The average Bonchev–Trinajstić information content (AvgIpc) is 2.26. The van der Waals surface area contributed by atoms with E-state index >= 15 is 0 Å². The highest BCUT2D eigenvalue weighted by Crippen LogP contribution is 2.28. The van der Waals surface area contributed by atoms with Crippen molar-refractivity contribution in [1.29, 1.82) is 0 Å². The van der Waals surface area contributed by atoms with Crippen LogP contribution in [0.1, 0.15) is 32.6 Å². The summed E-state index contributed by atoms with van der Waals surface area (Å²) in [6.07, 6.45) is 5.21. The monoisotopic (exact) mass is 290 g/mol. The molecule has 19 heavy (non-hydrogen) atoms. The third kappa shape index (κ3) is 3.90. The zero-order chi connectivity index (χ0) is 14.1. The van der Waals surface area contributed by atoms with Gasteiger partial charge in [-0.25, -0.2) is 12.7 Å². The molecule has 0 aliphatic carbocycles. The first kappa shape index (κ1) is 15.2. The fourth-order valence-corrected chi connectivity index (χ4v) is 4.32. The van der Waals surface area contributed by atoms with Gasteiger partial charge in [0.25, 0.3) is 0 Å². The Hall–Kier alpha value is -0.170. The lowest BCUT2D eigenvalue weighted by Gasteiger charge is -2.48. The van der Waals surface area contributed by atoms with Crippen LogP contribution in [0.5, 0.6) is 0 Å². The van der Waals surface area contributed by atoms with Crippen molar-refractivity contribution in [2.75, 3.05) is 39.0 Å². The first-order chi connectivity index (χ1) is 8.82. The Morgan fingerprint density at radius 2 is 2.05 bits per heavy atom. The Kier molecular flexibility index (Phi) is 4.55. The third-order valence-corrected chi connectivity index (χ3v) is 5.49. The van der Waals surface area contributed by atoms with Crippen LogP contribution in [0.25, 0.3) is 0 Å². The van der Waals surface area contributed by atoms with Gasteiger partial charge in [-0.05, 0) is 25.2 Å². The van der Waals surface area contributed by atoms with Crippen LogP contribution in [-0.2, 0) is 10.0 Å². The van der Waals surface area contributed by atoms with Crippen LogP contribution in [0.2, 0.25) is 0 Å². The first-order valence-corrected chi connectivity index (χ1v) is 9.07. The summed E-state index contributed by atoms with van der Waals surface area (Å²) >= 11 is 0. The van der Waals surface area contributed by atoms with Gasteiger partial charge in [0.05, 0.1) is 11.9 Å². The predicted octanol–water partition coefficient (Wildman–Crippen LogP) is 0.505. The zero-order valence-electron chi connectivity index (χ0n) is 12.0. The standard InChI is InChI=1S/C13H26N2O3S/c1-3-6-13(16)10-14(11-13)8-12-5-4-7-15(9-12)19(2,17)18/h12,16H,3-11H2,1-2H3. The average molecular weight is 290 g/mol. The van der Waals surface area contributed by atoms with Crippen molar-refractivity contribution in [3.05, 3.63) is 0 Å². The van der Waals surface area contributed by atoms with Gasteiger partial charge in [0.2, 0.25) is 10.0 Å². The highest BCUT2D eigenvalue weighted by atomic mass is 32.2. The lowest BCUT2D eigenvalue weighted by atomic mass is 9.87. The maximum atomic E-state index is 11.6. The molecule has 0 bridgehead atoms. The van der Waals surface area contributed by atoms with Gasteiger partial charge >= 0.3 is 0 Å². The number of rotatable bonds is 5. The van der Waals surface area contributed by atoms with Gasteiger partial charge in [-0.1, -0.05) is 13.3 Å². The number of aliphatic hydroxyl groups is 1. The second-order valence-corrected chi connectivity index (χ2v) is 8.26. The summed E-state index contributed by atoms with van der Waals surface area (Å²) in [7, 11) is -3.05. The van der Waals surface area contributed by atoms with Crippen molar-refractivity contribution in [2.24, 2.45) is 5.92 Å². The molecule has 6 heteroatoms. The predicted molar refractivity (Wildman–Crippen MR) is 75.4 cm³/mol. The quantitative estimate of drug-likeness (QED) is 0.801. The van der Waals surface area contributed by atoms with Gasteiger partial charge in [-0.3, -0.25) is 4.90 Å². The summed E-state index contributed by atoms with van der Waals surface area (Å²) in [5.74, 6) is 0.412. The van der Waals surface area contributed by atoms with Crippen molar-refractivity contribution >= 4 is 10.0 Å². The van der Waals surface area contributed by atoms with Crippen LogP contribution in [0.3, 0.4) is 0 Å². The largest absolute Gasteiger partial charge is 0.387 e. The van der Waals surface area contributed by atoms with Crippen molar-refractivity contribution in [2.45, 2.75) is 38.2 Å². The van der Waals surface area contributed by atoms with E-state index in [1.807, 2.05) is 0 Å². The minimum absolute atomic E-state index is 0.412. The third-order valence-electron chi connectivity index (χ3n) is 4.22. The smallest absolute Gasteiger partial charge is 0.211 e. The van der Waals surface area contributed by atoms with Gasteiger partial charge < -0.3 is 5.11 Å². The Morgan fingerprint density at radius 1 is 1.37 bits per heavy atom. The van der Waals surface area contributed by atoms with Crippen LogP contribution in [0, 0.1) is 5.92 Å². The maximum Gasteiger partial charge on any atom is 0.211 e. The molecule has 0 aromatic rings. The van der Waals surface area contributed by atoms with E-state index in [-0.39, 0.29) is 0 Å². The van der Waals surface area contributed by atoms with Crippen molar-refractivity contribution in [1.82, 2.24) is 9.21 Å². The lowest BCUT2D eigenvalue weighted by molar-refractivity contribution is -0.109. The highest BCUT2D eigenvalue weighted by molar-refractivity contribution is 7.88. The molecule has 112 valence electrons. The fourth-order valence-electron chi connectivity index (χ4n) is 3.38. The molecule has 2 fully saturated rings. The Labute approximate surface area is 116 Å². The molecule has 0 aromatic carbocycles. The highest BCUT2D eigenvalue weighted by Gasteiger charge is 2.41. The second kappa shape index (κ2) is 5.68. The van der Waals surface area contributed by atoms with Gasteiger partial charge in [-0.15, -0.1) is 0 Å². The molecular weight excluding hydrogens is 264 g/mol. The molecule has 2 aliphatic rings. The molecule has 2 heterocycles. The van der Waals surface area contributed by atoms with E-state index in [1.54, 1.807) is 4.31 Å². The van der Waals surface area contributed by atoms with Gasteiger partial charge in [0, 0.05) is 32.7 Å². The van der Waals surface area contributed by atoms with Crippen LogP contribution >= 0.6 is 0 Å². The van der Waals surface area contributed by atoms with E-state index in [4.69, 9.17) is 0 Å². The topological polar surface area (TPSA) is 60.9 Å². The van der Waals surface area contributed by atoms with Crippen LogP contribution in [0.15, 0.2) is 0 Å². The summed E-state index contributed by atoms with van der Waals surface area (Å²) in [4.78, 5) is 2.26. The van der Waals surface area contributed by atoms with Crippen LogP contribution in [-0.4, -0.2) is 67.3 Å². The Morgan fingerprint density at radius 3 is 2.63 bits per heavy atom. The van der Waals surface area contributed by atoms with E-state index in [9.17, 15) is 13.5 Å². The minimum Gasteiger partial charge on any atom is -0.387 e. The number of β-amino-alcohol motifs (C(OH)–C–C–N with tert-alkyl or cyclic N) is 1. The molecule has 2 aliphatic heterocycles. The zero-order valence-corrected chi connectivity index (χ0v) is 12.8. The Bertz CT molecular complexity index is 404. The summed E-state index contributed by atoms with van der Waals surface area (Å²) in [5.41, 5.74) is -0.486. The summed E-state index contributed by atoms with van der Waals surface area (Å²) < 4.78 is 24.7. The first-order valence-electron chi connectivity index (χ1n) is 7.22. The molecular formula is C13H26N2O3S. The van der Waals surface area contributed by atoms with Crippen molar-refractivity contribution in [3.63, 3.8) is 0 Å². The Balaban J connectivity index is 1.79. The van der Waals surface area contributed by atoms with E-state index < -0.39 is 15.6 Å². The number of piperidine rings is 1. The summed E-state index contributed by atoms with van der Waals surface area (Å²) in [6, 6.07) is 0. The van der Waals surface area contributed by atoms with E-state index in [0.717, 1.165) is 45.3 Å². The van der Waals surface area contributed by atoms with E-state index in [0.29, 0.717) is 19.0 Å². The molecule has 5 nitrogen and oxygen atoms in total. The molecule has 0 aromatic heterocycles. The number of sulfonamides is 1. The number of hydrogen-bond donors (Lipinski definition) is 1. The maximum absolute atomic E-state index is 11.6. The van der Waals surface area contributed by atoms with Crippen LogP contribution in [0.4, 0.5) is 0 Å². The van der Waals surface area contributed by atoms with E-state index in [2.05, 4.69) is 11.8 Å². The molecule has 2 rings (SSSR count). The number of likely N-dealkylation sites (tertiary alicyclic amines) is 1. The fraction of sp³-hybridized carbons (Fsp3) is 1.00. The molecule has 1 N–H and O–H groups in total. The van der Waals surface area contributed by atoms with Crippen molar-refractivity contribution in [3.8, 4) is 0 Å². The molecule has 1 unspecified atom stereocenters. The normalized spacial score (nSPS) is 29.1. The minimum atomic E-state index is -3.05.